The summed E-state index contributed by atoms with van der Waals surface area (Å²) < 4.78 is 10.6. The summed E-state index contributed by atoms with van der Waals surface area (Å²) in [5.74, 6) is 1.54. The van der Waals surface area contributed by atoms with Crippen molar-refractivity contribution in [2.24, 2.45) is 0 Å². The lowest BCUT2D eigenvalue weighted by Gasteiger charge is -2.09. The van der Waals surface area contributed by atoms with E-state index in [0.717, 1.165) is 27.2 Å². The van der Waals surface area contributed by atoms with Crippen molar-refractivity contribution >= 4 is 22.7 Å². The first-order chi connectivity index (χ1) is 11.1. The van der Waals surface area contributed by atoms with Crippen molar-refractivity contribution < 1.29 is 9.15 Å². The Morgan fingerprint density at radius 2 is 1.87 bits per heavy atom. The number of fused-ring (bicyclic) bond motifs is 1. The Hall–Kier alpha value is -2.20. The fourth-order valence-corrected chi connectivity index (χ4v) is 3.39. The van der Waals surface area contributed by atoms with Crippen molar-refractivity contribution in [3.05, 3.63) is 69.6 Å². The van der Waals surface area contributed by atoms with Gasteiger partial charge in [0.1, 0.15) is 11.3 Å². The van der Waals surface area contributed by atoms with Gasteiger partial charge in [0.25, 0.3) is 0 Å². The lowest BCUT2D eigenvalue weighted by Crippen LogP contribution is -2.00. The molecule has 0 aliphatic rings. The first kappa shape index (κ1) is 15.7. The van der Waals surface area contributed by atoms with Crippen LogP contribution in [0.1, 0.15) is 16.7 Å². The van der Waals surface area contributed by atoms with E-state index >= 15 is 0 Å². The fourth-order valence-electron chi connectivity index (χ4n) is 2.45. The highest BCUT2D eigenvalue weighted by Gasteiger charge is 2.08. The molecule has 2 aromatic carbocycles. The number of aryl methyl sites for hydroxylation is 2. The molecule has 0 aliphatic carbocycles. The molecule has 3 rings (SSSR count). The third kappa shape index (κ3) is 3.42. The van der Waals surface area contributed by atoms with E-state index in [9.17, 15) is 4.79 Å². The van der Waals surface area contributed by atoms with Gasteiger partial charge in [0.05, 0.1) is 7.11 Å². The third-order valence-corrected chi connectivity index (χ3v) is 4.92. The summed E-state index contributed by atoms with van der Waals surface area (Å²) in [5.41, 5.74) is 3.66. The average Bonchev–Trinajstić information content (AvgIpc) is 2.54. The van der Waals surface area contributed by atoms with Crippen LogP contribution in [0, 0.1) is 13.8 Å². The van der Waals surface area contributed by atoms with Crippen molar-refractivity contribution in [3.63, 3.8) is 0 Å². The van der Waals surface area contributed by atoms with Crippen molar-refractivity contribution in [1.82, 2.24) is 0 Å². The molecule has 0 aliphatic heterocycles. The van der Waals surface area contributed by atoms with Crippen LogP contribution in [0.3, 0.4) is 0 Å². The number of ether oxygens (including phenoxy) is 1. The minimum atomic E-state index is -0.304. The number of hydrogen-bond acceptors (Lipinski definition) is 4. The van der Waals surface area contributed by atoms with Crippen LogP contribution in [-0.2, 0) is 5.75 Å². The van der Waals surface area contributed by atoms with Crippen LogP contribution in [0.2, 0.25) is 0 Å². The highest BCUT2D eigenvalue weighted by atomic mass is 32.2. The predicted molar refractivity (Wildman–Crippen MR) is 94.5 cm³/mol. The monoisotopic (exact) mass is 326 g/mol. The smallest absolute Gasteiger partial charge is 0.336 e. The molecule has 0 saturated heterocycles. The summed E-state index contributed by atoms with van der Waals surface area (Å²) >= 11 is 1.68. The van der Waals surface area contributed by atoms with Crippen molar-refractivity contribution in [3.8, 4) is 5.75 Å². The first-order valence-electron chi connectivity index (χ1n) is 7.37. The molecule has 0 amide bonds. The summed E-state index contributed by atoms with van der Waals surface area (Å²) in [5, 5.41) is 1.00. The van der Waals surface area contributed by atoms with Crippen molar-refractivity contribution in [2.75, 3.05) is 7.11 Å². The number of hydrogen-bond donors (Lipinski definition) is 0. The molecule has 0 unspecified atom stereocenters. The molecule has 3 aromatic rings. The van der Waals surface area contributed by atoms with Crippen molar-refractivity contribution in [1.29, 1.82) is 0 Å². The van der Waals surface area contributed by atoms with Gasteiger partial charge < -0.3 is 9.15 Å². The van der Waals surface area contributed by atoms with Gasteiger partial charge in [0.15, 0.2) is 0 Å². The summed E-state index contributed by atoms with van der Waals surface area (Å²) in [6, 6.07) is 13.5. The molecule has 0 N–H and O–H groups in total. The van der Waals surface area contributed by atoms with Gasteiger partial charge in [-0.2, -0.15) is 0 Å². The number of thioether (sulfide) groups is 1. The second-order valence-corrected chi connectivity index (χ2v) is 6.54. The van der Waals surface area contributed by atoms with E-state index in [-0.39, 0.29) is 5.63 Å². The quantitative estimate of drug-likeness (QED) is 0.514. The maximum Gasteiger partial charge on any atom is 0.336 e. The highest BCUT2D eigenvalue weighted by molar-refractivity contribution is 7.98. The summed E-state index contributed by atoms with van der Waals surface area (Å²) in [6.45, 7) is 4.09. The molecule has 0 fully saturated rings. The Labute approximate surface area is 139 Å². The standard InChI is InChI=1S/C19H18O3S/c1-12-7-17-14(9-19(20)22-18(17)8-13(12)2)11-23-16-6-4-5-15(10-16)21-3/h4-10H,11H2,1-3H3. The lowest BCUT2D eigenvalue weighted by atomic mass is 10.0. The maximum absolute atomic E-state index is 11.8. The van der Waals surface area contributed by atoms with Gasteiger partial charge in [-0.25, -0.2) is 4.79 Å². The van der Waals surface area contributed by atoms with Gasteiger partial charge in [0, 0.05) is 22.1 Å². The van der Waals surface area contributed by atoms with Crippen LogP contribution >= 0.6 is 11.8 Å². The molecule has 1 aromatic heterocycles. The van der Waals surface area contributed by atoms with E-state index < -0.39 is 0 Å². The van der Waals surface area contributed by atoms with Gasteiger partial charge in [-0.05, 0) is 60.9 Å². The van der Waals surface area contributed by atoms with Gasteiger partial charge in [-0.1, -0.05) is 6.07 Å². The zero-order valence-electron chi connectivity index (χ0n) is 13.4. The second kappa shape index (κ2) is 6.50. The zero-order chi connectivity index (χ0) is 16.4. The minimum absolute atomic E-state index is 0.304. The van der Waals surface area contributed by atoms with Gasteiger partial charge >= 0.3 is 5.63 Å². The molecule has 0 atom stereocenters. The van der Waals surface area contributed by atoms with E-state index in [4.69, 9.17) is 9.15 Å². The molecule has 23 heavy (non-hydrogen) atoms. The Morgan fingerprint density at radius 1 is 1.09 bits per heavy atom. The largest absolute Gasteiger partial charge is 0.497 e. The third-order valence-electron chi connectivity index (χ3n) is 3.88. The fraction of sp³-hybridized carbons (Fsp3) is 0.211. The summed E-state index contributed by atoms with van der Waals surface area (Å²) in [7, 11) is 1.66. The van der Waals surface area contributed by atoms with Crippen LogP contribution in [0.25, 0.3) is 11.0 Å². The molecule has 0 radical (unpaired) electrons. The van der Waals surface area contributed by atoms with Crippen LogP contribution in [0.4, 0.5) is 0 Å². The summed E-state index contributed by atoms with van der Waals surface area (Å²) in [4.78, 5) is 12.9. The number of rotatable bonds is 4. The Morgan fingerprint density at radius 3 is 2.65 bits per heavy atom. The Kier molecular flexibility index (Phi) is 4.44. The normalized spacial score (nSPS) is 10.9. The SMILES string of the molecule is COc1cccc(SCc2cc(=O)oc3cc(C)c(C)cc23)c1. The predicted octanol–water partition coefficient (Wildman–Crippen LogP) is 4.71. The first-order valence-corrected chi connectivity index (χ1v) is 8.36. The molecule has 3 nitrogen and oxygen atoms in total. The van der Waals surface area contributed by atoms with Crippen LogP contribution in [0.5, 0.6) is 5.75 Å². The van der Waals surface area contributed by atoms with Crippen LogP contribution in [0.15, 0.2) is 56.6 Å². The number of benzene rings is 2. The average molecular weight is 326 g/mol. The van der Waals surface area contributed by atoms with E-state index in [0.29, 0.717) is 11.3 Å². The minimum Gasteiger partial charge on any atom is -0.497 e. The highest BCUT2D eigenvalue weighted by Crippen LogP contribution is 2.29. The molecule has 1 heterocycles. The topological polar surface area (TPSA) is 39.4 Å². The Bertz CT molecular complexity index is 912. The summed E-state index contributed by atoms with van der Waals surface area (Å²) in [6.07, 6.45) is 0. The molecular formula is C19H18O3S. The molecule has 4 heteroatoms. The molecule has 0 saturated carbocycles. The van der Waals surface area contributed by atoms with E-state index in [2.05, 4.69) is 13.0 Å². The molecule has 0 spiro atoms. The van der Waals surface area contributed by atoms with Gasteiger partial charge in [-0.3, -0.25) is 0 Å². The number of methoxy groups -OCH3 is 1. The van der Waals surface area contributed by atoms with Crippen LogP contribution in [-0.4, -0.2) is 7.11 Å². The molecular weight excluding hydrogens is 308 g/mol. The molecule has 0 bridgehead atoms. The van der Waals surface area contributed by atoms with E-state index in [1.807, 2.05) is 37.3 Å². The Balaban J connectivity index is 1.96. The lowest BCUT2D eigenvalue weighted by molar-refractivity contribution is 0.413. The van der Waals surface area contributed by atoms with Crippen molar-refractivity contribution in [2.45, 2.75) is 24.5 Å². The van der Waals surface area contributed by atoms with E-state index in [1.54, 1.807) is 24.9 Å². The van der Waals surface area contributed by atoms with E-state index in [1.165, 1.54) is 5.56 Å². The zero-order valence-corrected chi connectivity index (χ0v) is 14.2. The van der Waals surface area contributed by atoms with Gasteiger partial charge in [-0.15, -0.1) is 11.8 Å². The van der Waals surface area contributed by atoms with Gasteiger partial charge in [0.2, 0.25) is 0 Å². The maximum atomic E-state index is 11.8. The molecule has 118 valence electrons. The van der Waals surface area contributed by atoms with Crippen LogP contribution < -0.4 is 10.4 Å². The second-order valence-electron chi connectivity index (χ2n) is 5.49.